The van der Waals surface area contributed by atoms with Gasteiger partial charge >= 0.3 is 0 Å². The summed E-state index contributed by atoms with van der Waals surface area (Å²) < 4.78 is 5.44. The molecule has 0 amide bonds. The zero-order valence-electron chi connectivity index (χ0n) is 6.47. The lowest BCUT2D eigenvalue weighted by Crippen LogP contribution is -2.42. The molecule has 0 aromatic heterocycles. The van der Waals surface area contributed by atoms with E-state index in [2.05, 4.69) is 5.32 Å². The molecule has 0 spiro atoms. The average Bonchev–Trinajstić information content (AvgIpc) is 2.19. The van der Waals surface area contributed by atoms with Crippen LogP contribution in [-0.4, -0.2) is 26.3 Å². The molecule has 2 heteroatoms. The molecule has 2 nitrogen and oxygen atoms in total. The number of rotatable bonds is 1. The van der Waals surface area contributed by atoms with Gasteiger partial charge in [-0.3, -0.25) is 0 Å². The van der Waals surface area contributed by atoms with Crippen LogP contribution in [0.3, 0.4) is 0 Å². The molecule has 1 aliphatic carbocycles. The van der Waals surface area contributed by atoms with Gasteiger partial charge in [0.2, 0.25) is 0 Å². The highest BCUT2D eigenvalue weighted by molar-refractivity contribution is 4.91. The monoisotopic (exact) mass is 141 g/mol. The lowest BCUT2D eigenvalue weighted by atomic mass is 9.97. The van der Waals surface area contributed by atoms with Gasteiger partial charge in [0.15, 0.2) is 0 Å². The Morgan fingerprint density at radius 2 is 1.80 bits per heavy atom. The fourth-order valence-electron chi connectivity index (χ4n) is 2.42. The van der Waals surface area contributed by atoms with E-state index in [1.807, 2.05) is 7.11 Å². The van der Waals surface area contributed by atoms with Gasteiger partial charge in [-0.05, 0) is 24.7 Å². The molecule has 0 radical (unpaired) electrons. The molecule has 58 valence electrons. The first-order valence-corrected chi connectivity index (χ1v) is 4.15. The topological polar surface area (TPSA) is 21.3 Å². The van der Waals surface area contributed by atoms with Crippen LogP contribution in [0.4, 0.5) is 0 Å². The molecule has 2 rings (SSSR count). The van der Waals surface area contributed by atoms with E-state index in [-0.39, 0.29) is 0 Å². The van der Waals surface area contributed by atoms with Gasteiger partial charge in [0, 0.05) is 20.2 Å². The van der Waals surface area contributed by atoms with Crippen molar-refractivity contribution < 1.29 is 4.74 Å². The highest BCUT2D eigenvalue weighted by Gasteiger charge is 2.38. The number of hydrogen-bond acceptors (Lipinski definition) is 2. The second kappa shape index (κ2) is 2.51. The van der Waals surface area contributed by atoms with Gasteiger partial charge in [0.05, 0.1) is 6.10 Å². The molecule has 0 aromatic carbocycles. The van der Waals surface area contributed by atoms with Crippen LogP contribution in [0.25, 0.3) is 0 Å². The molecule has 0 aromatic rings. The number of methoxy groups -OCH3 is 1. The molecule has 1 aliphatic heterocycles. The normalized spacial score (nSPS) is 45.9. The summed E-state index contributed by atoms with van der Waals surface area (Å²) >= 11 is 0. The third-order valence-electron chi connectivity index (χ3n) is 2.92. The van der Waals surface area contributed by atoms with E-state index in [4.69, 9.17) is 4.74 Å². The summed E-state index contributed by atoms with van der Waals surface area (Å²) in [6.07, 6.45) is 3.31. The van der Waals surface area contributed by atoms with E-state index in [1.165, 1.54) is 25.9 Å². The van der Waals surface area contributed by atoms with Crippen LogP contribution < -0.4 is 5.32 Å². The number of piperidine rings is 1. The van der Waals surface area contributed by atoms with Crippen LogP contribution in [-0.2, 0) is 4.74 Å². The highest BCUT2D eigenvalue weighted by Crippen LogP contribution is 2.35. The zero-order valence-corrected chi connectivity index (χ0v) is 6.47. The van der Waals surface area contributed by atoms with Crippen molar-refractivity contribution in [3.63, 3.8) is 0 Å². The Balaban J connectivity index is 2.06. The summed E-state index contributed by atoms with van der Waals surface area (Å²) in [6.45, 7) is 2.35. The molecule has 1 heterocycles. The lowest BCUT2D eigenvalue weighted by Gasteiger charge is -2.29. The molecule has 2 atom stereocenters. The molecule has 2 aliphatic rings. The van der Waals surface area contributed by atoms with Crippen molar-refractivity contribution in [2.45, 2.75) is 18.9 Å². The number of nitrogens with one attached hydrogen (secondary N) is 1. The van der Waals surface area contributed by atoms with Crippen LogP contribution in [0, 0.1) is 11.8 Å². The fraction of sp³-hybridized carbons (Fsp3) is 1.00. The Kier molecular flexibility index (Phi) is 1.66. The molecular formula is C8H15NO. The molecule has 1 saturated heterocycles. The van der Waals surface area contributed by atoms with Crippen LogP contribution in [0.2, 0.25) is 0 Å². The highest BCUT2D eigenvalue weighted by atomic mass is 16.5. The van der Waals surface area contributed by atoms with Crippen LogP contribution in [0.5, 0.6) is 0 Å². The maximum atomic E-state index is 5.44. The van der Waals surface area contributed by atoms with Gasteiger partial charge in [0.25, 0.3) is 0 Å². The molecule has 2 bridgehead atoms. The van der Waals surface area contributed by atoms with Crippen molar-refractivity contribution in [1.82, 2.24) is 5.32 Å². The van der Waals surface area contributed by atoms with Crippen LogP contribution >= 0.6 is 0 Å². The van der Waals surface area contributed by atoms with Gasteiger partial charge in [-0.2, -0.15) is 0 Å². The summed E-state index contributed by atoms with van der Waals surface area (Å²) in [5.41, 5.74) is 0. The van der Waals surface area contributed by atoms with E-state index < -0.39 is 0 Å². The van der Waals surface area contributed by atoms with E-state index in [0.29, 0.717) is 6.10 Å². The van der Waals surface area contributed by atoms with Crippen molar-refractivity contribution in [3.05, 3.63) is 0 Å². The van der Waals surface area contributed by atoms with Crippen molar-refractivity contribution in [1.29, 1.82) is 0 Å². The van der Waals surface area contributed by atoms with Crippen molar-refractivity contribution in [3.8, 4) is 0 Å². The maximum absolute atomic E-state index is 5.44. The fourth-order valence-corrected chi connectivity index (χ4v) is 2.42. The number of ether oxygens (including phenoxy) is 1. The number of hydrogen-bond donors (Lipinski definition) is 1. The minimum atomic E-state index is 0.571. The molecular weight excluding hydrogens is 126 g/mol. The Bertz CT molecular complexity index is 110. The predicted molar refractivity (Wildman–Crippen MR) is 39.9 cm³/mol. The van der Waals surface area contributed by atoms with Gasteiger partial charge in [-0.25, -0.2) is 0 Å². The summed E-state index contributed by atoms with van der Waals surface area (Å²) in [5.74, 6) is 1.62. The summed E-state index contributed by atoms with van der Waals surface area (Å²) in [6, 6.07) is 0. The quantitative estimate of drug-likeness (QED) is 0.578. The second-order valence-corrected chi connectivity index (χ2v) is 3.46. The smallest absolute Gasteiger partial charge is 0.0651 e. The Morgan fingerprint density at radius 1 is 1.20 bits per heavy atom. The maximum Gasteiger partial charge on any atom is 0.0651 e. The predicted octanol–water partition coefficient (Wildman–Crippen LogP) is 0.631. The average molecular weight is 141 g/mol. The third kappa shape index (κ3) is 0.867. The van der Waals surface area contributed by atoms with Gasteiger partial charge in [-0.1, -0.05) is 0 Å². The zero-order chi connectivity index (χ0) is 6.97. The van der Waals surface area contributed by atoms with Gasteiger partial charge in [0.1, 0.15) is 0 Å². The first kappa shape index (κ1) is 6.62. The van der Waals surface area contributed by atoms with Crippen LogP contribution in [0.15, 0.2) is 0 Å². The van der Waals surface area contributed by atoms with E-state index >= 15 is 0 Å². The Hall–Kier alpha value is -0.0800. The van der Waals surface area contributed by atoms with Crippen LogP contribution in [0.1, 0.15) is 12.8 Å². The Labute approximate surface area is 61.9 Å². The van der Waals surface area contributed by atoms with E-state index in [0.717, 1.165) is 11.8 Å². The molecule has 2 fully saturated rings. The van der Waals surface area contributed by atoms with Gasteiger partial charge in [-0.15, -0.1) is 0 Å². The molecule has 1 saturated carbocycles. The first-order chi connectivity index (χ1) is 4.92. The molecule has 1 N–H and O–H groups in total. The second-order valence-electron chi connectivity index (χ2n) is 3.46. The largest absolute Gasteiger partial charge is 0.381 e. The third-order valence-corrected chi connectivity index (χ3v) is 2.92. The molecule has 10 heavy (non-hydrogen) atoms. The van der Waals surface area contributed by atoms with E-state index in [1.54, 1.807) is 0 Å². The summed E-state index contributed by atoms with van der Waals surface area (Å²) in [7, 11) is 1.85. The number of fused-ring (bicyclic) bond motifs is 2. The first-order valence-electron chi connectivity index (χ1n) is 4.15. The minimum absolute atomic E-state index is 0.571. The lowest BCUT2D eigenvalue weighted by molar-refractivity contribution is 0.0227. The van der Waals surface area contributed by atoms with Crippen molar-refractivity contribution in [2.24, 2.45) is 11.8 Å². The summed E-state index contributed by atoms with van der Waals surface area (Å²) in [4.78, 5) is 0. The van der Waals surface area contributed by atoms with Gasteiger partial charge < -0.3 is 10.1 Å². The summed E-state index contributed by atoms with van der Waals surface area (Å²) in [5, 5.41) is 3.43. The SMILES string of the molecule is COC1C2CCC1CNC2. The Morgan fingerprint density at radius 3 is 2.20 bits per heavy atom. The minimum Gasteiger partial charge on any atom is -0.381 e. The van der Waals surface area contributed by atoms with E-state index in [9.17, 15) is 0 Å². The standard InChI is InChI=1S/C8H15NO/c1-10-8-6-2-3-7(8)5-9-4-6/h6-9H,2-5H2,1H3. The van der Waals surface area contributed by atoms with Crippen molar-refractivity contribution >= 4 is 0 Å². The van der Waals surface area contributed by atoms with Crippen molar-refractivity contribution in [2.75, 3.05) is 20.2 Å². The molecule has 2 unspecified atom stereocenters.